The average molecular weight is 167 g/mol. The first kappa shape index (κ1) is 9.30. The maximum absolute atomic E-state index is 11.2. The minimum atomic E-state index is 0.108. The lowest BCUT2D eigenvalue weighted by Crippen LogP contribution is -2.20. The summed E-state index contributed by atoms with van der Waals surface area (Å²) in [6.07, 6.45) is 4.28. The lowest BCUT2D eigenvalue weighted by atomic mass is 9.95. The first-order chi connectivity index (χ1) is 5.75. The Morgan fingerprint density at radius 2 is 2.50 bits per heavy atom. The van der Waals surface area contributed by atoms with Crippen molar-refractivity contribution in [3.8, 4) is 0 Å². The number of rotatable bonds is 4. The third kappa shape index (κ3) is 2.10. The van der Waals surface area contributed by atoms with E-state index in [1.54, 1.807) is 0 Å². The van der Waals surface area contributed by atoms with Crippen LogP contribution in [-0.4, -0.2) is 12.5 Å². The second-order valence-corrected chi connectivity index (χ2v) is 3.39. The highest BCUT2D eigenvalue weighted by molar-refractivity contribution is 5.83. The van der Waals surface area contributed by atoms with Crippen molar-refractivity contribution in [3.63, 3.8) is 0 Å². The van der Waals surface area contributed by atoms with Crippen molar-refractivity contribution in [2.45, 2.75) is 32.6 Å². The normalized spacial score (nSPS) is 22.4. The second-order valence-electron chi connectivity index (χ2n) is 3.39. The van der Waals surface area contributed by atoms with Crippen molar-refractivity contribution in [2.75, 3.05) is 6.54 Å². The lowest BCUT2D eigenvalue weighted by molar-refractivity contribution is -0.121. The molecule has 12 heavy (non-hydrogen) atoms. The van der Waals surface area contributed by atoms with Crippen LogP contribution >= 0.6 is 0 Å². The number of carbonyl (C=O) groups excluding carboxylic acids is 1. The van der Waals surface area contributed by atoms with E-state index in [1.807, 2.05) is 0 Å². The average Bonchev–Trinajstić information content (AvgIpc) is 2.47. The van der Waals surface area contributed by atoms with Crippen LogP contribution in [0.4, 0.5) is 0 Å². The molecule has 1 N–H and O–H groups in total. The quantitative estimate of drug-likeness (QED) is 0.636. The van der Waals surface area contributed by atoms with E-state index in [9.17, 15) is 4.79 Å². The first-order valence-corrected chi connectivity index (χ1v) is 4.71. The molecule has 0 spiro atoms. The Balaban J connectivity index is 2.36. The van der Waals surface area contributed by atoms with Gasteiger partial charge >= 0.3 is 0 Å². The molecule has 0 saturated carbocycles. The molecule has 1 aliphatic heterocycles. The van der Waals surface area contributed by atoms with Crippen LogP contribution in [0.5, 0.6) is 0 Å². The van der Waals surface area contributed by atoms with Crippen LogP contribution in [0.15, 0.2) is 12.2 Å². The Morgan fingerprint density at radius 1 is 1.75 bits per heavy atom. The van der Waals surface area contributed by atoms with Gasteiger partial charge in [-0.05, 0) is 19.3 Å². The van der Waals surface area contributed by atoms with Gasteiger partial charge in [0.05, 0.1) is 5.92 Å². The van der Waals surface area contributed by atoms with Crippen molar-refractivity contribution in [3.05, 3.63) is 12.2 Å². The molecular formula is C10H17NO. The van der Waals surface area contributed by atoms with E-state index in [2.05, 4.69) is 18.8 Å². The van der Waals surface area contributed by atoms with E-state index in [-0.39, 0.29) is 11.8 Å². The summed E-state index contributed by atoms with van der Waals surface area (Å²) in [5, 5.41) is 2.83. The third-order valence-electron chi connectivity index (χ3n) is 2.39. The fourth-order valence-electron chi connectivity index (χ4n) is 1.56. The van der Waals surface area contributed by atoms with Gasteiger partial charge in [-0.15, -0.1) is 0 Å². The number of hydrogen-bond donors (Lipinski definition) is 1. The Hall–Kier alpha value is -0.790. The summed E-state index contributed by atoms with van der Waals surface area (Å²) in [7, 11) is 0. The molecule has 1 fully saturated rings. The fourth-order valence-corrected chi connectivity index (χ4v) is 1.56. The SMILES string of the molecule is C=C(CCCC)C1CCNC1=O. The van der Waals surface area contributed by atoms with Crippen LogP contribution < -0.4 is 5.32 Å². The van der Waals surface area contributed by atoms with Crippen molar-refractivity contribution in [1.29, 1.82) is 0 Å². The monoisotopic (exact) mass is 167 g/mol. The second kappa shape index (κ2) is 4.29. The zero-order valence-electron chi connectivity index (χ0n) is 7.73. The predicted octanol–water partition coefficient (Wildman–Crippen LogP) is 1.87. The number of unbranched alkanes of at least 4 members (excludes halogenated alkanes) is 1. The van der Waals surface area contributed by atoms with Crippen molar-refractivity contribution >= 4 is 5.91 Å². The molecule has 0 aliphatic carbocycles. The summed E-state index contributed by atoms with van der Waals surface area (Å²) in [4.78, 5) is 11.2. The first-order valence-electron chi connectivity index (χ1n) is 4.71. The summed E-state index contributed by atoms with van der Waals surface area (Å²) in [6, 6.07) is 0. The Bertz CT molecular complexity index is 186. The van der Waals surface area contributed by atoms with Gasteiger partial charge in [-0.25, -0.2) is 0 Å². The summed E-state index contributed by atoms with van der Waals surface area (Å²) in [5.41, 5.74) is 1.12. The number of nitrogens with one attached hydrogen (secondary N) is 1. The molecule has 2 nitrogen and oxygen atoms in total. The van der Waals surface area contributed by atoms with Crippen LogP contribution in [-0.2, 0) is 4.79 Å². The molecule has 2 heteroatoms. The van der Waals surface area contributed by atoms with Gasteiger partial charge in [0, 0.05) is 6.54 Å². The molecule has 0 aromatic carbocycles. The molecule has 1 amide bonds. The maximum Gasteiger partial charge on any atom is 0.227 e. The van der Waals surface area contributed by atoms with Crippen molar-refractivity contribution in [2.24, 2.45) is 5.92 Å². The van der Waals surface area contributed by atoms with E-state index in [0.29, 0.717) is 0 Å². The molecule has 0 aromatic rings. The Labute approximate surface area is 74.0 Å². The van der Waals surface area contributed by atoms with Gasteiger partial charge < -0.3 is 5.32 Å². The van der Waals surface area contributed by atoms with Crippen molar-refractivity contribution in [1.82, 2.24) is 5.32 Å². The summed E-state index contributed by atoms with van der Waals surface area (Å²) in [6.45, 7) is 6.95. The van der Waals surface area contributed by atoms with E-state index >= 15 is 0 Å². The van der Waals surface area contributed by atoms with Gasteiger partial charge in [-0.1, -0.05) is 25.5 Å². The van der Waals surface area contributed by atoms with Crippen LogP contribution in [0, 0.1) is 5.92 Å². The summed E-state index contributed by atoms with van der Waals surface area (Å²) < 4.78 is 0. The number of carbonyl (C=O) groups is 1. The molecule has 0 bridgehead atoms. The Kier molecular flexibility index (Phi) is 3.32. The van der Waals surface area contributed by atoms with Crippen molar-refractivity contribution < 1.29 is 4.79 Å². The van der Waals surface area contributed by atoms with Gasteiger partial charge in [0.15, 0.2) is 0 Å². The molecule has 1 heterocycles. The van der Waals surface area contributed by atoms with Gasteiger partial charge in [0.25, 0.3) is 0 Å². The largest absolute Gasteiger partial charge is 0.356 e. The molecule has 1 atom stereocenters. The van der Waals surface area contributed by atoms with E-state index in [0.717, 1.165) is 31.4 Å². The van der Waals surface area contributed by atoms with Gasteiger partial charge in [-0.2, -0.15) is 0 Å². The highest BCUT2D eigenvalue weighted by Crippen LogP contribution is 2.22. The molecule has 1 unspecified atom stereocenters. The topological polar surface area (TPSA) is 29.1 Å². The lowest BCUT2D eigenvalue weighted by Gasteiger charge is -2.09. The smallest absolute Gasteiger partial charge is 0.227 e. The number of amides is 1. The maximum atomic E-state index is 11.2. The summed E-state index contributed by atoms with van der Waals surface area (Å²) in [5.74, 6) is 0.285. The minimum absolute atomic E-state index is 0.108. The van der Waals surface area contributed by atoms with Crippen LogP contribution in [0.3, 0.4) is 0 Å². The number of hydrogen-bond acceptors (Lipinski definition) is 1. The molecular weight excluding hydrogens is 150 g/mol. The van der Waals surface area contributed by atoms with Crippen LogP contribution in [0.25, 0.3) is 0 Å². The fraction of sp³-hybridized carbons (Fsp3) is 0.700. The van der Waals surface area contributed by atoms with E-state index in [1.165, 1.54) is 6.42 Å². The highest BCUT2D eigenvalue weighted by atomic mass is 16.2. The molecule has 68 valence electrons. The molecule has 1 rings (SSSR count). The zero-order valence-corrected chi connectivity index (χ0v) is 7.73. The standard InChI is InChI=1S/C10H17NO/c1-3-4-5-8(2)9-6-7-11-10(9)12/h9H,2-7H2,1H3,(H,11,12). The van der Waals surface area contributed by atoms with Crippen LogP contribution in [0.1, 0.15) is 32.6 Å². The zero-order chi connectivity index (χ0) is 8.97. The van der Waals surface area contributed by atoms with Gasteiger partial charge in [0.1, 0.15) is 0 Å². The van der Waals surface area contributed by atoms with E-state index in [4.69, 9.17) is 0 Å². The minimum Gasteiger partial charge on any atom is -0.356 e. The van der Waals surface area contributed by atoms with Gasteiger partial charge in [0.2, 0.25) is 5.91 Å². The van der Waals surface area contributed by atoms with Crippen LogP contribution in [0.2, 0.25) is 0 Å². The molecule has 0 radical (unpaired) electrons. The predicted molar refractivity (Wildman–Crippen MR) is 49.8 cm³/mol. The van der Waals surface area contributed by atoms with Gasteiger partial charge in [-0.3, -0.25) is 4.79 Å². The van der Waals surface area contributed by atoms with E-state index < -0.39 is 0 Å². The molecule has 0 aromatic heterocycles. The molecule has 1 aliphatic rings. The molecule has 1 saturated heterocycles. The third-order valence-corrected chi connectivity index (χ3v) is 2.39. The summed E-state index contributed by atoms with van der Waals surface area (Å²) >= 11 is 0. The highest BCUT2D eigenvalue weighted by Gasteiger charge is 2.25. The Morgan fingerprint density at radius 3 is 3.00 bits per heavy atom.